The van der Waals surface area contributed by atoms with Crippen LogP contribution in [0.3, 0.4) is 0 Å². The molecule has 2 atom stereocenters. The van der Waals surface area contributed by atoms with E-state index in [0.29, 0.717) is 18.8 Å². The molecule has 2 N–H and O–H groups in total. The van der Waals surface area contributed by atoms with Crippen molar-refractivity contribution in [2.45, 2.75) is 49.5 Å². The highest BCUT2D eigenvalue weighted by molar-refractivity contribution is 5.69. The molecule has 2 unspecified atom stereocenters. The van der Waals surface area contributed by atoms with Gasteiger partial charge in [-0.1, -0.05) is 12.1 Å². The maximum absolute atomic E-state index is 13.3. The van der Waals surface area contributed by atoms with Crippen molar-refractivity contribution >= 4 is 5.97 Å². The highest BCUT2D eigenvalue weighted by Crippen LogP contribution is 2.65. The Balaban J connectivity index is 1.82. The van der Waals surface area contributed by atoms with Crippen molar-refractivity contribution in [1.29, 1.82) is 0 Å². The highest BCUT2D eigenvalue weighted by atomic mass is 19.1. The Kier molecular flexibility index (Phi) is 2.93. The lowest BCUT2D eigenvalue weighted by molar-refractivity contribution is -0.173. The Morgan fingerprint density at radius 1 is 1.14 bits per heavy atom. The van der Waals surface area contributed by atoms with Gasteiger partial charge in [-0.05, 0) is 67.6 Å². The number of halogens is 1. The lowest BCUT2D eigenvalue weighted by atomic mass is 9.42. The number of aliphatic carboxylic acids is 1. The van der Waals surface area contributed by atoms with Crippen LogP contribution in [0.5, 0.6) is 0 Å². The van der Waals surface area contributed by atoms with Gasteiger partial charge in [-0.2, -0.15) is 0 Å². The molecule has 0 spiro atoms. The van der Waals surface area contributed by atoms with Crippen molar-refractivity contribution in [3.05, 3.63) is 35.6 Å². The molecule has 118 valence electrons. The van der Waals surface area contributed by atoms with Crippen LogP contribution in [0.15, 0.2) is 24.3 Å². The fourth-order valence-corrected chi connectivity index (χ4v) is 5.93. The molecular weight excluding hydrogens is 283 g/mol. The van der Waals surface area contributed by atoms with Crippen LogP contribution in [0.25, 0.3) is 0 Å². The first-order chi connectivity index (χ1) is 10.4. The summed E-state index contributed by atoms with van der Waals surface area (Å²) in [7, 11) is 0. The molecule has 4 aliphatic carbocycles. The molecule has 3 nitrogen and oxygen atoms in total. The van der Waals surface area contributed by atoms with Crippen LogP contribution in [0.4, 0.5) is 4.39 Å². The van der Waals surface area contributed by atoms with Gasteiger partial charge in [0.1, 0.15) is 5.82 Å². The van der Waals surface area contributed by atoms with Crippen LogP contribution < -0.4 is 0 Å². The van der Waals surface area contributed by atoms with Gasteiger partial charge >= 0.3 is 5.97 Å². The SMILES string of the molecule is O=C(O)C[C@]1(c2ccc(F)cc2)C2CC3CC1C[C@](O)(C3)C2. The van der Waals surface area contributed by atoms with E-state index in [4.69, 9.17) is 0 Å². The van der Waals surface area contributed by atoms with Gasteiger partial charge in [-0.25, -0.2) is 4.39 Å². The fraction of sp³-hybridized carbons (Fsp3) is 0.611. The van der Waals surface area contributed by atoms with Crippen LogP contribution in [0, 0.1) is 23.6 Å². The first-order valence-electron chi connectivity index (χ1n) is 8.11. The number of carboxylic acid groups (broad SMARTS) is 1. The third-order valence-electron chi connectivity index (χ3n) is 6.44. The van der Waals surface area contributed by atoms with Crippen LogP contribution in [-0.2, 0) is 10.2 Å². The van der Waals surface area contributed by atoms with Gasteiger partial charge in [0, 0.05) is 5.41 Å². The van der Waals surface area contributed by atoms with Gasteiger partial charge in [0.15, 0.2) is 0 Å². The molecule has 0 saturated heterocycles. The topological polar surface area (TPSA) is 57.5 Å². The number of benzene rings is 1. The smallest absolute Gasteiger partial charge is 0.304 e. The molecule has 1 aromatic carbocycles. The Bertz CT molecular complexity index is 593. The number of carbonyl (C=O) groups is 1. The van der Waals surface area contributed by atoms with Crippen molar-refractivity contribution in [3.63, 3.8) is 0 Å². The summed E-state index contributed by atoms with van der Waals surface area (Å²) in [5.74, 6) is -0.207. The summed E-state index contributed by atoms with van der Waals surface area (Å²) in [5.41, 5.74) is -0.102. The van der Waals surface area contributed by atoms with Gasteiger partial charge in [0.25, 0.3) is 0 Å². The highest BCUT2D eigenvalue weighted by Gasteiger charge is 2.62. The van der Waals surface area contributed by atoms with Crippen molar-refractivity contribution in [2.75, 3.05) is 0 Å². The molecule has 0 heterocycles. The van der Waals surface area contributed by atoms with E-state index >= 15 is 0 Å². The summed E-state index contributed by atoms with van der Waals surface area (Å²) < 4.78 is 13.3. The van der Waals surface area contributed by atoms with Crippen LogP contribution >= 0.6 is 0 Å². The Morgan fingerprint density at radius 3 is 2.23 bits per heavy atom. The molecule has 4 fully saturated rings. The quantitative estimate of drug-likeness (QED) is 0.902. The molecule has 0 aliphatic heterocycles. The second-order valence-corrected chi connectivity index (χ2v) is 7.69. The standard InChI is InChI=1S/C18H21FO3/c19-15-3-1-12(2-4-15)18(10-16(20)21)13-5-11-6-14(18)9-17(22,7-11)8-13/h1-4,11,13-14,22H,5-10H2,(H,20,21)/t11?,13?,14?,17-,18-. The number of hydrogen-bond donors (Lipinski definition) is 2. The van der Waals surface area contributed by atoms with E-state index in [-0.39, 0.29) is 24.1 Å². The van der Waals surface area contributed by atoms with Crippen LogP contribution in [0.1, 0.15) is 44.1 Å². The van der Waals surface area contributed by atoms with E-state index < -0.39 is 17.0 Å². The predicted molar refractivity (Wildman–Crippen MR) is 78.8 cm³/mol. The van der Waals surface area contributed by atoms with E-state index in [9.17, 15) is 19.4 Å². The van der Waals surface area contributed by atoms with E-state index in [0.717, 1.165) is 24.8 Å². The summed E-state index contributed by atoms with van der Waals surface area (Å²) in [6, 6.07) is 6.37. The number of rotatable bonds is 3. The van der Waals surface area contributed by atoms with E-state index in [2.05, 4.69) is 0 Å². The maximum Gasteiger partial charge on any atom is 0.304 e. The molecule has 4 saturated carbocycles. The van der Waals surface area contributed by atoms with Gasteiger partial charge < -0.3 is 10.2 Å². The van der Waals surface area contributed by atoms with Crippen LogP contribution in [-0.4, -0.2) is 21.8 Å². The third kappa shape index (κ3) is 1.93. The summed E-state index contributed by atoms with van der Waals surface area (Å²) in [6.07, 6.45) is 4.30. The molecule has 4 aliphatic rings. The third-order valence-corrected chi connectivity index (χ3v) is 6.44. The second-order valence-electron chi connectivity index (χ2n) is 7.69. The molecule has 22 heavy (non-hydrogen) atoms. The number of hydrogen-bond acceptors (Lipinski definition) is 2. The first-order valence-corrected chi connectivity index (χ1v) is 8.11. The minimum Gasteiger partial charge on any atom is -0.481 e. The zero-order chi connectivity index (χ0) is 15.5. The monoisotopic (exact) mass is 304 g/mol. The van der Waals surface area contributed by atoms with Crippen molar-refractivity contribution < 1.29 is 19.4 Å². The van der Waals surface area contributed by atoms with E-state index in [1.165, 1.54) is 12.1 Å². The fourth-order valence-electron chi connectivity index (χ4n) is 5.93. The predicted octanol–water partition coefficient (Wildman–Crippen LogP) is 3.11. The van der Waals surface area contributed by atoms with Crippen LogP contribution in [0.2, 0.25) is 0 Å². The van der Waals surface area contributed by atoms with E-state index in [1.807, 2.05) is 0 Å². The summed E-state index contributed by atoms with van der Waals surface area (Å²) >= 11 is 0. The largest absolute Gasteiger partial charge is 0.481 e. The second kappa shape index (κ2) is 4.54. The Hall–Kier alpha value is -1.42. The zero-order valence-electron chi connectivity index (χ0n) is 12.5. The Morgan fingerprint density at radius 2 is 1.73 bits per heavy atom. The van der Waals surface area contributed by atoms with E-state index in [1.54, 1.807) is 12.1 Å². The minimum absolute atomic E-state index is 0.0801. The average Bonchev–Trinajstić information content (AvgIpc) is 2.42. The summed E-state index contributed by atoms with van der Waals surface area (Å²) in [4.78, 5) is 11.6. The van der Waals surface area contributed by atoms with Gasteiger partial charge in [0.05, 0.1) is 12.0 Å². The van der Waals surface area contributed by atoms with Crippen molar-refractivity contribution in [2.24, 2.45) is 17.8 Å². The summed E-state index contributed by atoms with van der Waals surface area (Å²) in [5, 5.41) is 20.3. The normalized spacial score (nSPS) is 42.5. The molecule has 0 amide bonds. The van der Waals surface area contributed by atoms with Gasteiger partial charge in [-0.15, -0.1) is 0 Å². The molecule has 0 radical (unpaired) electrons. The molecule has 4 heteroatoms. The average molecular weight is 304 g/mol. The van der Waals surface area contributed by atoms with Gasteiger partial charge in [-0.3, -0.25) is 4.79 Å². The number of carboxylic acids is 1. The first kappa shape index (κ1) is 14.2. The minimum atomic E-state index is -0.802. The molecule has 4 bridgehead atoms. The molecule has 1 aromatic rings. The van der Waals surface area contributed by atoms with Crippen molar-refractivity contribution in [3.8, 4) is 0 Å². The molecule has 0 aromatic heterocycles. The lowest BCUT2D eigenvalue weighted by Gasteiger charge is -2.64. The van der Waals surface area contributed by atoms with Crippen molar-refractivity contribution in [1.82, 2.24) is 0 Å². The van der Waals surface area contributed by atoms with Gasteiger partial charge in [0.2, 0.25) is 0 Å². The lowest BCUT2D eigenvalue weighted by Crippen LogP contribution is -2.62. The Labute approximate surface area is 129 Å². The molecule has 5 rings (SSSR count). The zero-order valence-corrected chi connectivity index (χ0v) is 12.5. The maximum atomic E-state index is 13.3. The summed E-state index contributed by atoms with van der Waals surface area (Å²) in [6.45, 7) is 0. The molecular formula is C18H21FO3. The number of aliphatic hydroxyl groups is 1.